The van der Waals surface area contributed by atoms with Gasteiger partial charge < -0.3 is 23.7 Å². The van der Waals surface area contributed by atoms with Crippen LogP contribution in [0.15, 0.2) is 0 Å². The topological polar surface area (TPSA) is 189 Å². The summed E-state index contributed by atoms with van der Waals surface area (Å²) in [4.78, 5) is 0. The zero-order chi connectivity index (χ0) is 9.00. The first-order valence-electron chi connectivity index (χ1n) is 1.33. The van der Waals surface area contributed by atoms with Gasteiger partial charge in [-0.25, -0.2) is 0 Å². The summed E-state index contributed by atoms with van der Waals surface area (Å²) in [7, 11) is -10.3. The average Bonchev–Trinajstić information content (AvgIpc) is 1.12. The molecule has 0 rings (SSSR count). The van der Waals surface area contributed by atoms with Crippen LogP contribution < -0.4 is 59.1 Å². The predicted molar refractivity (Wildman–Crippen MR) is 21.6 cm³/mol. The van der Waals surface area contributed by atoms with Crippen LogP contribution >= 0.6 is 0 Å². The molecular formula is Na2O9S2Zr. The van der Waals surface area contributed by atoms with Crippen molar-refractivity contribution < 1.29 is 126 Å². The molecule has 0 unspecified atom stereocenters. The number of rotatable bonds is 0. The quantitative estimate of drug-likeness (QED) is 0.235. The Labute approximate surface area is 144 Å². The molecule has 0 aliphatic carbocycles. The van der Waals surface area contributed by atoms with E-state index in [0.29, 0.717) is 0 Å². The van der Waals surface area contributed by atoms with Gasteiger partial charge in [0, 0.05) is 20.8 Å². The first kappa shape index (κ1) is 36.0. The third-order valence-corrected chi connectivity index (χ3v) is 0. The van der Waals surface area contributed by atoms with Gasteiger partial charge in [0.25, 0.3) is 0 Å². The van der Waals surface area contributed by atoms with Gasteiger partial charge in [0.05, 0.1) is 0 Å². The fraction of sp³-hybridized carbons (Fsp3) is 0. The van der Waals surface area contributed by atoms with Gasteiger partial charge in [-0.3, -0.25) is 16.8 Å². The molecule has 0 N–H and O–H groups in total. The van der Waals surface area contributed by atoms with Crippen molar-refractivity contribution in [2.24, 2.45) is 0 Å². The van der Waals surface area contributed by atoms with Gasteiger partial charge in [-0.2, -0.15) is 0 Å². The molecule has 0 heterocycles. The van der Waals surface area contributed by atoms with E-state index in [2.05, 4.69) is 0 Å². The maximum absolute atomic E-state index is 8.52. The van der Waals surface area contributed by atoms with Crippen LogP contribution in [0.1, 0.15) is 0 Å². The molecule has 14 heteroatoms. The van der Waals surface area contributed by atoms with Crippen molar-refractivity contribution in [1.82, 2.24) is 0 Å². The smallest absolute Gasteiger partial charge is 2.00 e. The second-order valence-electron chi connectivity index (χ2n) is 0.816. The molecule has 0 aromatic heterocycles. The molecule has 0 saturated heterocycles. The summed E-state index contributed by atoms with van der Waals surface area (Å²) in [5.41, 5.74) is 0. The Morgan fingerprint density at radius 2 is 0.643 bits per heavy atom. The Balaban J connectivity index is -0.0000000178. The molecule has 0 bridgehead atoms. The summed E-state index contributed by atoms with van der Waals surface area (Å²) >= 11 is 0. The summed E-state index contributed by atoms with van der Waals surface area (Å²) in [5, 5.41) is 0. The summed E-state index contributed by atoms with van der Waals surface area (Å²) in [6.45, 7) is 0. The van der Waals surface area contributed by atoms with Gasteiger partial charge in [-0.05, 0) is 0 Å². The molecule has 9 nitrogen and oxygen atoms in total. The number of hydrogen-bond acceptors (Lipinski definition) is 8. The third-order valence-electron chi connectivity index (χ3n) is 0. The van der Waals surface area contributed by atoms with Crippen molar-refractivity contribution in [2.75, 3.05) is 0 Å². The Morgan fingerprint density at radius 3 is 0.643 bits per heavy atom. The monoisotopic (exact) mass is 344 g/mol. The van der Waals surface area contributed by atoms with Crippen LogP contribution in [-0.2, 0) is 52.5 Å². The van der Waals surface area contributed by atoms with Crippen LogP contribution in [-0.4, -0.2) is 35.0 Å². The van der Waals surface area contributed by atoms with Gasteiger partial charge in [-0.1, -0.05) is 0 Å². The molecule has 0 aliphatic heterocycles. The molecular weight excluding hydrogens is 345 g/mol. The van der Waals surface area contributed by atoms with Crippen LogP contribution in [0.3, 0.4) is 0 Å². The second kappa shape index (κ2) is 15.6. The van der Waals surface area contributed by atoms with Crippen molar-refractivity contribution in [3.8, 4) is 0 Å². The normalized spacial score (nSPS) is 8.29. The van der Waals surface area contributed by atoms with Crippen molar-refractivity contribution >= 4 is 20.8 Å². The van der Waals surface area contributed by atoms with E-state index in [4.69, 9.17) is 35.0 Å². The minimum Gasteiger partial charge on any atom is -2.00 e. The minimum absolute atomic E-state index is 0. The Bertz CT molecular complexity index is 217. The zero-order valence-corrected chi connectivity index (χ0v) is 15.1. The van der Waals surface area contributed by atoms with E-state index in [1.165, 1.54) is 0 Å². The fourth-order valence-corrected chi connectivity index (χ4v) is 0. The molecule has 0 aliphatic rings. The average molecular weight is 345 g/mol. The first-order valence-corrected chi connectivity index (χ1v) is 4.00. The Morgan fingerprint density at radius 1 is 0.643 bits per heavy atom. The molecule has 72 valence electrons. The van der Waals surface area contributed by atoms with Gasteiger partial charge in [-0.15, -0.1) is 0 Å². The van der Waals surface area contributed by atoms with Crippen LogP contribution in [0.2, 0.25) is 0 Å². The minimum atomic E-state index is -5.17. The zero-order valence-electron chi connectivity index (χ0n) is 6.99. The van der Waals surface area contributed by atoms with Crippen LogP contribution in [0.25, 0.3) is 0 Å². The number of hydrogen-bond donors (Lipinski definition) is 0. The van der Waals surface area contributed by atoms with E-state index in [0.717, 1.165) is 0 Å². The standard InChI is InChI=1S/2Na.2H2O4S.O.Zr/c;;2*1-5(2,3)4;;/h;;2*(H2,1,2,3,4);;/q2*+1;;;-2;+4/p-4. The molecule has 0 radical (unpaired) electrons. The maximum atomic E-state index is 8.52. The van der Waals surface area contributed by atoms with Crippen LogP contribution in [0.4, 0.5) is 0 Å². The van der Waals surface area contributed by atoms with E-state index < -0.39 is 20.8 Å². The molecule has 0 aromatic carbocycles. The van der Waals surface area contributed by atoms with Gasteiger partial charge in [0.15, 0.2) is 0 Å². The van der Waals surface area contributed by atoms with Gasteiger partial charge in [0.1, 0.15) is 0 Å². The first-order chi connectivity index (χ1) is 4.00. The van der Waals surface area contributed by atoms with Crippen LogP contribution in [0, 0.1) is 0 Å². The van der Waals surface area contributed by atoms with Gasteiger partial charge >= 0.3 is 85.3 Å². The molecule has 0 atom stereocenters. The Hall–Kier alpha value is 2.58. The van der Waals surface area contributed by atoms with Gasteiger partial charge in [0.2, 0.25) is 0 Å². The summed E-state index contributed by atoms with van der Waals surface area (Å²) in [5.74, 6) is 0. The Kier molecular flexibility index (Phi) is 40.0. The van der Waals surface area contributed by atoms with E-state index in [1.807, 2.05) is 0 Å². The summed E-state index contributed by atoms with van der Waals surface area (Å²) in [6.07, 6.45) is 0. The largest absolute Gasteiger partial charge is 4.00 e. The molecule has 0 spiro atoms. The maximum Gasteiger partial charge on any atom is 4.00 e. The molecule has 0 aromatic rings. The van der Waals surface area contributed by atoms with Crippen molar-refractivity contribution in [1.29, 1.82) is 0 Å². The van der Waals surface area contributed by atoms with E-state index >= 15 is 0 Å². The van der Waals surface area contributed by atoms with Crippen molar-refractivity contribution in [2.45, 2.75) is 0 Å². The summed E-state index contributed by atoms with van der Waals surface area (Å²) < 4.78 is 68.2. The fourth-order valence-electron chi connectivity index (χ4n) is 0. The van der Waals surface area contributed by atoms with E-state index in [9.17, 15) is 0 Å². The molecule has 14 heavy (non-hydrogen) atoms. The van der Waals surface area contributed by atoms with Crippen LogP contribution in [0.5, 0.6) is 0 Å². The second-order valence-corrected chi connectivity index (χ2v) is 2.45. The van der Waals surface area contributed by atoms with E-state index in [-0.39, 0.29) is 90.8 Å². The molecule has 0 amide bonds. The molecule has 0 saturated carbocycles. The SMILES string of the molecule is O=S(=O)([O-])[O-].O=S(=O)([O-])[O-].[Na+].[Na+].[O-2].[Zr+4]. The van der Waals surface area contributed by atoms with E-state index in [1.54, 1.807) is 0 Å². The van der Waals surface area contributed by atoms with Crippen molar-refractivity contribution in [3.63, 3.8) is 0 Å². The molecule has 0 fully saturated rings. The predicted octanol–water partition coefficient (Wildman–Crippen LogP) is -8.79. The summed E-state index contributed by atoms with van der Waals surface area (Å²) in [6, 6.07) is 0. The van der Waals surface area contributed by atoms with Crippen molar-refractivity contribution in [3.05, 3.63) is 0 Å². The third kappa shape index (κ3) is 403.